The number of carbonyl (C=O) groups excluding carboxylic acids is 2. The lowest BCUT2D eigenvalue weighted by atomic mass is 9.96. The smallest absolute Gasteiger partial charge is 0.362 e. The average Bonchev–Trinajstić information content (AvgIpc) is 2.86. The molecular formula is C25H25F3N4O3. The first kappa shape index (κ1) is 25.7. The van der Waals surface area contributed by atoms with Crippen molar-refractivity contribution in [3.63, 3.8) is 0 Å². The maximum Gasteiger partial charge on any atom is 0.416 e. The molecule has 0 radical (unpaired) electrons. The third kappa shape index (κ3) is 6.78. The number of carbonyl (C=O) groups is 2. The van der Waals surface area contributed by atoms with Crippen molar-refractivity contribution < 1.29 is 27.6 Å². The third-order valence-electron chi connectivity index (χ3n) is 5.19. The monoisotopic (exact) mass is 486 g/mol. The zero-order valence-corrected chi connectivity index (χ0v) is 19.2. The van der Waals surface area contributed by atoms with Crippen molar-refractivity contribution in [2.45, 2.75) is 45.3 Å². The summed E-state index contributed by atoms with van der Waals surface area (Å²) in [6.45, 7) is 3.62. The molecule has 0 bridgehead atoms. The lowest BCUT2D eigenvalue weighted by Crippen LogP contribution is -2.28. The van der Waals surface area contributed by atoms with E-state index in [1.807, 2.05) is 6.92 Å². The molecule has 0 saturated heterocycles. The molecule has 1 aromatic heterocycles. The number of benzene rings is 2. The molecule has 0 aliphatic heterocycles. The van der Waals surface area contributed by atoms with E-state index in [4.69, 9.17) is 4.84 Å². The van der Waals surface area contributed by atoms with Gasteiger partial charge in [-0.05, 0) is 30.2 Å². The maximum absolute atomic E-state index is 12.8. The Morgan fingerprint density at radius 1 is 1.00 bits per heavy atom. The van der Waals surface area contributed by atoms with E-state index in [2.05, 4.69) is 20.8 Å². The molecule has 10 heteroatoms. The Kier molecular flexibility index (Phi) is 8.40. The summed E-state index contributed by atoms with van der Waals surface area (Å²) in [6, 6.07) is 11.3. The zero-order valence-electron chi connectivity index (χ0n) is 19.2. The number of halogens is 3. The number of alkyl halides is 3. The van der Waals surface area contributed by atoms with Crippen LogP contribution in [0.5, 0.6) is 0 Å². The molecule has 184 valence electrons. The summed E-state index contributed by atoms with van der Waals surface area (Å²) >= 11 is 0. The highest BCUT2D eigenvalue weighted by molar-refractivity contribution is 5.95. The molecular weight excluding hydrogens is 461 g/mol. The van der Waals surface area contributed by atoms with Gasteiger partial charge < -0.3 is 10.2 Å². The van der Waals surface area contributed by atoms with E-state index in [-0.39, 0.29) is 12.5 Å². The first-order valence-electron chi connectivity index (χ1n) is 11.1. The Labute approximate surface area is 200 Å². The van der Waals surface area contributed by atoms with Gasteiger partial charge in [-0.25, -0.2) is 9.78 Å². The Morgan fingerprint density at radius 2 is 1.71 bits per heavy atom. The minimum absolute atomic E-state index is 0.128. The van der Waals surface area contributed by atoms with Crippen molar-refractivity contribution in [3.8, 4) is 11.3 Å². The quantitative estimate of drug-likeness (QED) is 0.396. The van der Waals surface area contributed by atoms with Gasteiger partial charge in [-0.2, -0.15) is 18.7 Å². The summed E-state index contributed by atoms with van der Waals surface area (Å²) in [4.78, 5) is 37.4. The van der Waals surface area contributed by atoms with E-state index in [1.54, 1.807) is 31.2 Å². The molecule has 3 rings (SSSR count). The fourth-order valence-corrected chi connectivity index (χ4v) is 3.39. The molecule has 1 heterocycles. The molecule has 0 aliphatic carbocycles. The topological polar surface area (TPSA) is 93.2 Å². The maximum atomic E-state index is 12.8. The number of nitrogens with zero attached hydrogens (tertiary/aromatic N) is 2. The van der Waals surface area contributed by atoms with Crippen LogP contribution in [0.15, 0.2) is 60.9 Å². The van der Waals surface area contributed by atoms with E-state index in [9.17, 15) is 22.8 Å². The lowest BCUT2D eigenvalue weighted by Gasteiger charge is -2.21. The molecule has 2 N–H and O–H groups in total. The molecule has 3 aromatic rings. The van der Waals surface area contributed by atoms with Gasteiger partial charge in [0.1, 0.15) is 5.82 Å². The van der Waals surface area contributed by atoms with Gasteiger partial charge in [0.05, 0.1) is 29.7 Å². The molecule has 0 fully saturated rings. The Hall–Kier alpha value is -3.95. The second kappa shape index (κ2) is 11.5. The van der Waals surface area contributed by atoms with Crippen LogP contribution in [-0.4, -0.2) is 21.8 Å². The fraction of sp³-hybridized carbons (Fsp3) is 0.280. The van der Waals surface area contributed by atoms with Crippen LogP contribution in [0.25, 0.3) is 11.3 Å². The predicted octanol–water partition coefficient (Wildman–Crippen LogP) is 5.71. The van der Waals surface area contributed by atoms with Crippen molar-refractivity contribution >= 4 is 17.7 Å². The van der Waals surface area contributed by atoms with Gasteiger partial charge in [0.25, 0.3) is 5.91 Å². The Balaban J connectivity index is 1.78. The number of hydrogen-bond donors (Lipinski definition) is 2. The zero-order chi connectivity index (χ0) is 25.4. The number of amides is 1. The SMILES string of the molecule is CCC[C@@H](Nc1cnc(-c2ccc(C(F)(F)F)cc2)cn1)c1ccccc1C(=O)NOC(=O)CC. The van der Waals surface area contributed by atoms with Crippen LogP contribution < -0.4 is 10.8 Å². The van der Waals surface area contributed by atoms with Gasteiger partial charge >= 0.3 is 12.1 Å². The van der Waals surface area contributed by atoms with Crippen LogP contribution >= 0.6 is 0 Å². The molecule has 0 unspecified atom stereocenters. The largest absolute Gasteiger partial charge is 0.416 e. The summed E-state index contributed by atoms with van der Waals surface area (Å²) in [5.41, 5.74) is 3.40. The predicted molar refractivity (Wildman–Crippen MR) is 124 cm³/mol. The van der Waals surface area contributed by atoms with E-state index in [0.29, 0.717) is 34.6 Å². The van der Waals surface area contributed by atoms with Crippen LogP contribution in [0.3, 0.4) is 0 Å². The van der Waals surface area contributed by atoms with Crippen molar-refractivity contribution in [1.82, 2.24) is 15.4 Å². The molecule has 1 amide bonds. The summed E-state index contributed by atoms with van der Waals surface area (Å²) in [7, 11) is 0. The number of hydrogen-bond acceptors (Lipinski definition) is 6. The van der Waals surface area contributed by atoms with Crippen LogP contribution in [0.2, 0.25) is 0 Å². The Bertz CT molecular complexity index is 1150. The second-order valence-corrected chi connectivity index (χ2v) is 7.69. The van der Waals surface area contributed by atoms with E-state index < -0.39 is 23.6 Å². The molecule has 7 nitrogen and oxygen atoms in total. The van der Waals surface area contributed by atoms with Gasteiger partial charge in [0, 0.05) is 17.5 Å². The van der Waals surface area contributed by atoms with E-state index in [1.165, 1.54) is 24.5 Å². The highest BCUT2D eigenvalue weighted by atomic mass is 19.4. The van der Waals surface area contributed by atoms with Crippen LogP contribution in [-0.2, 0) is 15.8 Å². The van der Waals surface area contributed by atoms with Gasteiger partial charge in [0.15, 0.2) is 0 Å². The van der Waals surface area contributed by atoms with Gasteiger partial charge in [-0.1, -0.05) is 50.6 Å². The van der Waals surface area contributed by atoms with Crippen molar-refractivity contribution in [3.05, 3.63) is 77.6 Å². The number of nitrogens with one attached hydrogen (secondary N) is 2. The summed E-state index contributed by atoms with van der Waals surface area (Å²) in [5, 5.41) is 3.27. The van der Waals surface area contributed by atoms with Crippen LogP contribution in [0, 0.1) is 0 Å². The number of hydroxylamine groups is 1. The van der Waals surface area contributed by atoms with Crippen LogP contribution in [0.4, 0.5) is 19.0 Å². The molecule has 2 aromatic carbocycles. The van der Waals surface area contributed by atoms with E-state index in [0.717, 1.165) is 18.6 Å². The minimum Gasteiger partial charge on any atom is -0.362 e. The van der Waals surface area contributed by atoms with Crippen molar-refractivity contribution in [2.24, 2.45) is 0 Å². The second-order valence-electron chi connectivity index (χ2n) is 7.69. The number of aromatic nitrogens is 2. The lowest BCUT2D eigenvalue weighted by molar-refractivity contribution is -0.148. The first-order chi connectivity index (χ1) is 16.7. The van der Waals surface area contributed by atoms with Crippen molar-refractivity contribution in [1.29, 1.82) is 0 Å². The molecule has 0 aliphatic rings. The Morgan fingerprint density at radius 3 is 2.31 bits per heavy atom. The first-order valence-corrected chi connectivity index (χ1v) is 11.1. The third-order valence-corrected chi connectivity index (χ3v) is 5.19. The molecule has 35 heavy (non-hydrogen) atoms. The highest BCUT2D eigenvalue weighted by Crippen LogP contribution is 2.31. The van der Waals surface area contributed by atoms with Gasteiger partial charge in [0.2, 0.25) is 0 Å². The summed E-state index contributed by atoms with van der Waals surface area (Å²) < 4.78 is 38.4. The van der Waals surface area contributed by atoms with E-state index >= 15 is 0 Å². The number of anilines is 1. The molecule has 1 atom stereocenters. The summed E-state index contributed by atoms with van der Waals surface area (Å²) in [6.07, 6.45) is 0.148. The summed E-state index contributed by atoms with van der Waals surface area (Å²) in [5.74, 6) is -0.664. The standard InChI is InChI=1S/C25H25F3N4O3/c1-3-7-20(18-8-5-6-9-19(18)24(34)32-35-23(33)4-2)31-22-15-29-21(14-30-22)16-10-12-17(13-11-16)25(26,27)28/h5-6,8-15,20H,3-4,7H2,1-2H3,(H,30,31)(H,32,34)/t20-/m1/s1. The van der Waals surface area contributed by atoms with Gasteiger partial charge in [-0.15, -0.1) is 0 Å². The van der Waals surface area contributed by atoms with Crippen LogP contribution in [0.1, 0.15) is 60.6 Å². The molecule has 0 spiro atoms. The fourth-order valence-electron chi connectivity index (χ4n) is 3.39. The highest BCUT2D eigenvalue weighted by Gasteiger charge is 2.30. The van der Waals surface area contributed by atoms with Gasteiger partial charge in [-0.3, -0.25) is 9.78 Å². The van der Waals surface area contributed by atoms with Crippen molar-refractivity contribution in [2.75, 3.05) is 5.32 Å². The average molecular weight is 486 g/mol. The molecule has 0 saturated carbocycles. The minimum atomic E-state index is -4.41. The number of rotatable bonds is 8. The normalized spacial score (nSPS) is 12.0.